The number of methoxy groups -OCH3 is 1. The quantitative estimate of drug-likeness (QED) is 0.894. The number of rotatable bonds is 5. The largest absolute Gasteiger partial charge is 0.377 e. The number of fused-ring (bicyclic) bond motifs is 1. The van der Waals surface area contributed by atoms with E-state index in [1.807, 2.05) is 4.68 Å². The highest BCUT2D eigenvalue weighted by molar-refractivity contribution is 5.25. The predicted octanol–water partition coefficient (Wildman–Crippen LogP) is 1.63. The number of aromatic nitrogens is 5. The molecule has 1 saturated carbocycles. The van der Waals surface area contributed by atoms with Gasteiger partial charge in [0.05, 0.1) is 6.04 Å². The Morgan fingerprint density at radius 3 is 3.05 bits per heavy atom. The SMILES string of the molecule is COCc1nc2n(n1)CCC[C@@H]2Nc1nc(C2CC2)no1. The average molecular weight is 290 g/mol. The Labute approximate surface area is 121 Å². The molecule has 8 nitrogen and oxygen atoms in total. The molecule has 0 unspecified atom stereocenters. The molecule has 0 bridgehead atoms. The van der Waals surface area contributed by atoms with Gasteiger partial charge in [-0.2, -0.15) is 10.1 Å². The third-order valence-corrected chi connectivity index (χ3v) is 3.87. The molecule has 1 N–H and O–H groups in total. The Morgan fingerprint density at radius 2 is 2.24 bits per heavy atom. The Hall–Kier alpha value is -1.96. The molecule has 21 heavy (non-hydrogen) atoms. The van der Waals surface area contributed by atoms with Crippen molar-refractivity contribution in [2.24, 2.45) is 0 Å². The lowest BCUT2D eigenvalue weighted by molar-refractivity contribution is 0.177. The van der Waals surface area contributed by atoms with Crippen molar-refractivity contribution in [2.75, 3.05) is 12.4 Å². The van der Waals surface area contributed by atoms with E-state index in [9.17, 15) is 0 Å². The second-order valence-electron chi connectivity index (χ2n) is 5.61. The average Bonchev–Trinajstić information content (AvgIpc) is 3.08. The van der Waals surface area contributed by atoms with E-state index >= 15 is 0 Å². The molecule has 112 valence electrons. The van der Waals surface area contributed by atoms with Crippen molar-refractivity contribution < 1.29 is 9.26 Å². The van der Waals surface area contributed by atoms with Crippen molar-refractivity contribution in [1.29, 1.82) is 0 Å². The Bertz CT molecular complexity index is 632. The second-order valence-corrected chi connectivity index (χ2v) is 5.61. The smallest absolute Gasteiger partial charge is 0.322 e. The van der Waals surface area contributed by atoms with E-state index in [1.54, 1.807) is 7.11 Å². The summed E-state index contributed by atoms with van der Waals surface area (Å²) < 4.78 is 12.3. The van der Waals surface area contributed by atoms with Crippen LogP contribution in [0.1, 0.15) is 55.1 Å². The van der Waals surface area contributed by atoms with Gasteiger partial charge in [0.15, 0.2) is 11.6 Å². The number of ether oxygens (including phenoxy) is 1. The fraction of sp³-hybridized carbons (Fsp3) is 0.692. The van der Waals surface area contributed by atoms with Gasteiger partial charge in [-0.3, -0.25) is 0 Å². The van der Waals surface area contributed by atoms with Crippen LogP contribution in [0.3, 0.4) is 0 Å². The predicted molar refractivity (Wildman–Crippen MR) is 72.6 cm³/mol. The van der Waals surface area contributed by atoms with E-state index < -0.39 is 0 Å². The van der Waals surface area contributed by atoms with Gasteiger partial charge < -0.3 is 14.6 Å². The molecule has 0 aromatic carbocycles. The fourth-order valence-corrected chi connectivity index (χ4v) is 2.68. The summed E-state index contributed by atoms with van der Waals surface area (Å²) in [7, 11) is 1.65. The van der Waals surface area contributed by atoms with Crippen LogP contribution in [0.15, 0.2) is 4.52 Å². The fourth-order valence-electron chi connectivity index (χ4n) is 2.68. The van der Waals surface area contributed by atoms with Crippen LogP contribution in [0.2, 0.25) is 0 Å². The van der Waals surface area contributed by atoms with Gasteiger partial charge >= 0.3 is 6.01 Å². The van der Waals surface area contributed by atoms with Gasteiger partial charge in [0.25, 0.3) is 0 Å². The van der Waals surface area contributed by atoms with Crippen molar-refractivity contribution in [3.63, 3.8) is 0 Å². The molecule has 0 saturated heterocycles. The first kappa shape index (κ1) is 12.8. The molecule has 8 heteroatoms. The monoisotopic (exact) mass is 290 g/mol. The van der Waals surface area contributed by atoms with E-state index in [2.05, 4.69) is 25.5 Å². The van der Waals surface area contributed by atoms with Crippen molar-refractivity contribution in [2.45, 2.75) is 50.8 Å². The first-order valence-corrected chi connectivity index (χ1v) is 7.36. The molecule has 1 fully saturated rings. The molecule has 1 aliphatic heterocycles. The molecule has 3 heterocycles. The third-order valence-electron chi connectivity index (χ3n) is 3.87. The molecule has 1 atom stereocenters. The molecule has 2 aliphatic rings. The first-order chi connectivity index (χ1) is 10.3. The third kappa shape index (κ3) is 2.51. The second kappa shape index (κ2) is 5.10. The van der Waals surface area contributed by atoms with Gasteiger partial charge in [0, 0.05) is 19.6 Å². The minimum Gasteiger partial charge on any atom is -0.377 e. The molecule has 0 radical (unpaired) electrons. The van der Waals surface area contributed by atoms with E-state index in [-0.39, 0.29) is 6.04 Å². The van der Waals surface area contributed by atoms with Gasteiger partial charge in [-0.1, -0.05) is 5.16 Å². The number of hydrogen-bond donors (Lipinski definition) is 1. The maximum Gasteiger partial charge on any atom is 0.322 e. The molecule has 4 rings (SSSR count). The summed E-state index contributed by atoms with van der Waals surface area (Å²) in [5.74, 6) is 2.94. The molecular formula is C13H18N6O2. The van der Waals surface area contributed by atoms with Gasteiger partial charge in [0.2, 0.25) is 0 Å². The van der Waals surface area contributed by atoms with Crippen LogP contribution in [0.5, 0.6) is 0 Å². The normalized spacial score (nSPS) is 21.3. The summed E-state index contributed by atoms with van der Waals surface area (Å²) in [4.78, 5) is 8.96. The number of aryl methyl sites for hydroxylation is 1. The summed E-state index contributed by atoms with van der Waals surface area (Å²) in [6.45, 7) is 1.32. The maximum atomic E-state index is 5.28. The van der Waals surface area contributed by atoms with Crippen LogP contribution in [0.25, 0.3) is 0 Å². The number of hydrogen-bond acceptors (Lipinski definition) is 7. The highest BCUT2D eigenvalue weighted by atomic mass is 16.5. The Balaban J connectivity index is 1.52. The lowest BCUT2D eigenvalue weighted by Crippen LogP contribution is -2.22. The zero-order chi connectivity index (χ0) is 14.2. The van der Waals surface area contributed by atoms with E-state index in [0.29, 0.717) is 24.4 Å². The van der Waals surface area contributed by atoms with Gasteiger partial charge in [-0.05, 0) is 25.7 Å². The van der Waals surface area contributed by atoms with Crippen LogP contribution in [0, 0.1) is 0 Å². The molecule has 0 spiro atoms. The van der Waals surface area contributed by atoms with Crippen molar-refractivity contribution in [3.05, 3.63) is 17.5 Å². The zero-order valence-corrected chi connectivity index (χ0v) is 11.9. The summed E-state index contributed by atoms with van der Waals surface area (Å²) in [5, 5.41) is 11.8. The Kier molecular flexibility index (Phi) is 3.10. The van der Waals surface area contributed by atoms with Gasteiger partial charge in [-0.25, -0.2) is 9.67 Å². The summed E-state index contributed by atoms with van der Waals surface area (Å²) in [5.41, 5.74) is 0. The van der Waals surface area contributed by atoms with E-state index in [4.69, 9.17) is 9.26 Å². The topological polar surface area (TPSA) is 90.9 Å². The van der Waals surface area contributed by atoms with Crippen molar-refractivity contribution in [1.82, 2.24) is 24.9 Å². The van der Waals surface area contributed by atoms with Gasteiger partial charge in [0.1, 0.15) is 12.4 Å². The van der Waals surface area contributed by atoms with Crippen LogP contribution >= 0.6 is 0 Å². The summed E-state index contributed by atoms with van der Waals surface area (Å²) in [6, 6.07) is 0.538. The molecule has 1 aliphatic carbocycles. The molecule has 2 aromatic rings. The maximum absolute atomic E-state index is 5.28. The molecule has 0 amide bonds. The van der Waals surface area contributed by atoms with Crippen molar-refractivity contribution in [3.8, 4) is 0 Å². The lowest BCUT2D eigenvalue weighted by Gasteiger charge is -2.21. The van der Waals surface area contributed by atoms with Gasteiger partial charge in [-0.15, -0.1) is 0 Å². The van der Waals surface area contributed by atoms with Crippen LogP contribution in [-0.4, -0.2) is 32.0 Å². The van der Waals surface area contributed by atoms with Crippen LogP contribution in [0.4, 0.5) is 6.01 Å². The standard InChI is InChI=1S/C13H18N6O2/c1-20-7-10-15-12-9(3-2-6-19(12)17-10)14-13-16-11(18-21-13)8-4-5-8/h8-9H,2-7H2,1H3,(H,14,16,18)/t9-/m0/s1. The first-order valence-electron chi connectivity index (χ1n) is 7.36. The number of anilines is 1. The zero-order valence-electron chi connectivity index (χ0n) is 11.9. The number of nitrogens with zero attached hydrogens (tertiary/aromatic N) is 5. The molecular weight excluding hydrogens is 272 g/mol. The van der Waals surface area contributed by atoms with Crippen molar-refractivity contribution >= 4 is 6.01 Å². The van der Waals surface area contributed by atoms with Crippen LogP contribution < -0.4 is 5.32 Å². The minimum atomic E-state index is 0.0596. The lowest BCUT2D eigenvalue weighted by atomic mass is 10.1. The highest BCUT2D eigenvalue weighted by Crippen LogP contribution is 2.38. The molecule has 2 aromatic heterocycles. The van der Waals surface area contributed by atoms with E-state index in [1.165, 1.54) is 0 Å². The van der Waals surface area contributed by atoms with E-state index in [0.717, 1.165) is 43.9 Å². The summed E-state index contributed by atoms with van der Waals surface area (Å²) in [6.07, 6.45) is 4.35. The summed E-state index contributed by atoms with van der Waals surface area (Å²) >= 11 is 0. The minimum absolute atomic E-state index is 0.0596. The highest BCUT2D eigenvalue weighted by Gasteiger charge is 2.30. The Morgan fingerprint density at radius 1 is 1.33 bits per heavy atom. The van der Waals surface area contributed by atoms with Crippen LogP contribution in [-0.2, 0) is 17.9 Å². The number of nitrogens with one attached hydrogen (secondary N) is 1.